The van der Waals surface area contributed by atoms with Crippen molar-refractivity contribution in [2.45, 2.75) is 6.92 Å². The molecule has 0 saturated heterocycles. The van der Waals surface area contributed by atoms with Gasteiger partial charge in [-0.3, -0.25) is 4.98 Å². The molecule has 96 valence electrons. The number of fused-ring (bicyclic) bond motifs is 1. The molecule has 1 aromatic heterocycles. The summed E-state index contributed by atoms with van der Waals surface area (Å²) in [6, 6.07) is 19.9. The average Bonchev–Trinajstić information content (AvgIpc) is 2.48. The number of benzene rings is 2. The molecule has 1 N–H and O–H groups in total. The van der Waals surface area contributed by atoms with Crippen molar-refractivity contribution >= 4 is 22.3 Å². The first-order chi connectivity index (χ1) is 9.79. The summed E-state index contributed by atoms with van der Waals surface area (Å²) in [6.45, 7) is 1.86. The maximum atomic E-state index is 9.41. The van der Waals surface area contributed by atoms with Crippen molar-refractivity contribution in [1.82, 2.24) is 4.98 Å². The summed E-state index contributed by atoms with van der Waals surface area (Å²) < 4.78 is 0. The third-order valence-corrected chi connectivity index (χ3v) is 3.23. The van der Waals surface area contributed by atoms with E-state index in [0.29, 0.717) is 5.56 Å². The number of aryl methyl sites for hydroxylation is 1. The SMILES string of the molecule is Cc1nc2ccccc2c(Nc2ccccc2)c1C#N. The third kappa shape index (κ3) is 2.08. The third-order valence-electron chi connectivity index (χ3n) is 3.23. The Kier molecular flexibility index (Phi) is 3.06. The fraction of sp³-hybridized carbons (Fsp3) is 0.0588. The molecule has 3 nitrogen and oxygen atoms in total. The van der Waals surface area contributed by atoms with Gasteiger partial charge in [0.25, 0.3) is 0 Å². The van der Waals surface area contributed by atoms with E-state index in [1.54, 1.807) is 0 Å². The molecular weight excluding hydrogens is 246 g/mol. The molecule has 0 saturated carbocycles. The Morgan fingerprint density at radius 3 is 2.45 bits per heavy atom. The van der Waals surface area contributed by atoms with Crippen molar-refractivity contribution in [3.63, 3.8) is 0 Å². The van der Waals surface area contributed by atoms with Gasteiger partial charge in [0.05, 0.1) is 22.5 Å². The van der Waals surface area contributed by atoms with E-state index >= 15 is 0 Å². The summed E-state index contributed by atoms with van der Waals surface area (Å²) in [7, 11) is 0. The molecule has 1 heterocycles. The average molecular weight is 259 g/mol. The van der Waals surface area contributed by atoms with E-state index in [1.807, 2.05) is 61.5 Å². The fourth-order valence-electron chi connectivity index (χ4n) is 2.27. The zero-order chi connectivity index (χ0) is 13.9. The lowest BCUT2D eigenvalue weighted by molar-refractivity contribution is 1.23. The second-order valence-electron chi connectivity index (χ2n) is 4.57. The molecule has 0 bridgehead atoms. The highest BCUT2D eigenvalue weighted by atomic mass is 14.9. The Labute approximate surface area is 117 Å². The number of pyridine rings is 1. The molecule has 0 aliphatic rings. The first-order valence-corrected chi connectivity index (χ1v) is 6.41. The predicted octanol–water partition coefficient (Wildman–Crippen LogP) is 4.16. The molecule has 0 spiro atoms. The topological polar surface area (TPSA) is 48.7 Å². The van der Waals surface area contributed by atoms with Crippen LogP contribution in [-0.2, 0) is 0 Å². The summed E-state index contributed by atoms with van der Waals surface area (Å²) >= 11 is 0. The lowest BCUT2D eigenvalue weighted by Crippen LogP contribution is -1.99. The highest BCUT2D eigenvalue weighted by Crippen LogP contribution is 2.30. The Balaban J connectivity index is 2.24. The van der Waals surface area contributed by atoms with Crippen molar-refractivity contribution in [2.75, 3.05) is 5.32 Å². The van der Waals surface area contributed by atoms with Gasteiger partial charge in [0, 0.05) is 11.1 Å². The number of nitriles is 1. The monoisotopic (exact) mass is 259 g/mol. The van der Waals surface area contributed by atoms with Gasteiger partial charge >= 0.3 is 0 Å². The number of para-hydroxylation sites is 2. The highest BCUT2D eigenvalue weighted by molar-refractivity contribution is 5.96. The van der Waals surface area contributed by atoms with Crippen LogP contribution in [0.1, 0.15) is 11.3 Å². The van der Waals surface area contributed by atoms with Crippen molar-refractivity contribution in [3.8, 4) is 6.07 Å². The lowest BCUT2D eigenvalue weighted by atomic mass is 10.1. The van der Waals surface area contributed by atoms with Gasteiger partial charge in [-0.05, 0) is 25.1 Å². The van der Waals surface area contributed by atoms with Gasteiger partial charge in [0.1, 0.15) is 6.07 Å². The van der Waals surface area contributed by atoms with Crippen molar-refractivity contribution in [1.29, 1.82) is 5.26 Å². The molecular formula is C17H13N3. The van der Waals surface area contributed by atoms with Crippen LogP contribution in [0.15, 0.2) is 54.6 Å². The summed E-state index contributed by atoms with van der Waals surface area (Å²) in [5.41, 5.74) is 4.00. The molecule has 0 fully saturated rings. The van der Waals surface area contributed by atoms with Crippen LogP contribution in [0.3, 0.4) is 0 Å². The number of nitrogens with one attached hydrogen (secondary N) is 1. The second-order valence-corrected chi connectivity index (χ2v) is 4.57. The van der Waals surface area contributed by atoms with Crippen LogP contribution in [0.25, 0.3) is 10.9 Å². The normalized spacial score (nSPS) is 10.2. The van der Waals surface area contributed by atoms with Crippen LogP contribution in [0.4, 0.5) is 11.4 Å². The van der Waals surface area contributed by atoms with Gasteiger partial charge in [0.15, 0.2) is 0 Å². The van der Waals surface area contributed by atoms with E-state index in [1.165, 1.54) is 0 Å². The van der Waals surface area contributed by atoms with Gasteiger partial charge in [-0.1, -0.05) is 36.4 Å². The highest BCUT2D eigenvalue weighted by Gasteiger charge is 2.12. The van der Waals surface area contributed by atoms with Gasteiger partial charge in [0.2, 0.25) is 0 Å². The number of anilines is 2. The summed E-state index contributed by atoms with van der Waals surface area (Å²) in [6.07, 6.45) is 0. The van der Waals surface area contributed by atoms with E-state index < -0.39 is 0 Å². The molecule has 3 rings (SSSR count). The first-order valence-electron chi connectivity index (χ1n) is 6.41. The minimum Gasteiger partial charge on any atom is -0.354 e. The quantitative estimate of drug-likeness (QED) is 0.751. The van der Waals surface area contributed by atoms with Crippen molar-refractivity contribution in [2.24, 2.45) is 0 Å². The molecule has 0 radical (unpaired) electrons. The van der Waals surface area contributed by atoms with Gasteiger partial charge in [-0.25, -0.2) is 0 Å². The number of aromatic nitrogens is 1. The standard InChI is InChI=1S/C17H13N3/c1-12-15(11-18)17(20-13-7-3-2-4-8-13)14-9-5-6-10-16(14)19-12/h2-10H,1H3,(H,19,20). The van der Waals surface area contributed by atoms with Crippen LogP contribution in [0, 0.1) is 18.3 Å². The van der Waals surface area contributed by atoms with Crippen LogP contribution in [0.2, 0.25) is 0 Å². The van der Waals surface area contributed by atoms with E-state index in [2.05, 4.69) is 16.4 Å². The van der Waals surface area contributed by atoms with Crippen LogP contribution in [-0.4, -0.2) is 4.98 Å². The van der Waals surface area contributed by atoms with E-state index in [4.69, 9.17) is 0 Å². The Morgan fingerprint density at radius 2 is 1.70 bits per heavy atom. The molecule has 3 heteroatoms. The lowest BCUT2D eigenvalue weighted by Gasteiger charge is -2.13. The number of hydrogen-bond acceptors (Lipinski definition) is 3. The predicted molar refractivity (Wildman–Crippen MR) is 80.9 cm³/mol. The van der Waals surface area contributed by atoms with Gasteiger partial charge < -0.3 is 5.32 Å². The van der Waals surface area contributed by atoms with E-state index in [0.717, 1.165) is 28.0 Å². The molecule has 0 unspecified atom stereocenters. The Morgan fingerprint density at radius 1 is 1.00 bits per heavy atom. The van der Waals surface area contributed by atoms with Gasteiger partial charge in [-0.15, -0.1) is 0 Å². The second kappa shape index (κ2) is 5.02. The Hall–Kier alpha value is -2.86. The minimum atomic E-state index is 0.590. The van der Waals surface area contributed by atoms with E-state index in [9.17, 15) is 5.26 Å². The largest absolute Gasteiger partial charge is 0.354 e. The first kappa shape index (κ1) is 12.2. The Bertz CT molecular complexity index is 802. The zero-order valence-corrected chi connectivity index (χ0v) is 11.1. The molecule has 20 heavy (non-hydrogen) atoms. The molecule has 2 aromatic carbocycles. The summed E-state index contributed by atoms with van der Waals surface area (Å²) in [5, 5.41) is 13.7. The van der Waals surface area contributed by atoms with Crippen LogP contribution >= 0.6 is 0 Å². The van der Waals surface area contributed by atoms with Gasteiger partial charge in [-0.2, -0.15) is 5.26 Å². The van der Waals surface area contributed by atoms with Crippen LogP contribution in [0.5, 0.6) is 0 Å². The van der Waals surface area contributed by atoms with E-state index in [-0.39, 0.29) is 0 Å². The van der Waals surface area contributed by atoms with Crippen molar-refractivity contribution in [3.05, 3.63) is 65.9 Å². The molecule has 0 atom stereocenters. The molecule has 0 aliphatic heterocycles. The summed E-state index contributed by atoms with van der Waals surface area (Å²) in [4.78, 5) is 4.49. The number of rotatable bonds is 2. The molecule has 0 aliphatic carbocycles. The number of nitrogens with zero attached hydrogens (tertiary/aromatic N) is 2. The molecule has 0 amide bonds. The van der Waals surface area contributed by atoms with Crippen molar-refractivity contribution < 1.29 is 0 Å². The van der Waals surface area contributed by atoms with Crippen LogP contribution < -0.4 is 5.32 Å². The zero-order valence-electron chi connectivity index (χ0n) is 11.1. The smallest absolute Gasteiger partial charge is 0.103 e. The minimum absolute atomic E-state index is 0.590. The molecule has 3 aromatic rings. The maximum absolute atomic E-state index is 9.41. The number of hydrogen-bond donors (Lipinski definition) is 1. The maximum Gasteiger partial charge on any atom is 0.103 e. The fourth-order valence-corrected chi connectivity index (χ4v) is 2.27. The summed E-state index contributed by atoms with van der Waals surface area (Å²) in [5.74, 6) is 0.